The first-order chi connectivity index (χ1) is 6.81. The molecule has 0 saturated heterocycles. The number of nitrogen functional groups attached to an aromatic ring is 1. The van der Waals surface area contributed by atoms with Crippen LogP contribution in [0.4, 0.5) is 11.4 Å². The highest BCUT2D eigenvalue weighted by Crippen LogP contribution is 2.26. The molecule has 0 atom stereocenters. The van der Waals surface area contributed by atoms with Gasteiger partial charge >= 0.3 is 0 Å². The maximum absolute atomic E-state index is 5.78. The highest BCUT2D eigenvalue weighted by Gasteiger charge is 2.03. The Kier molecular flexibility index (Phi) is 2.24. The van der Waals surface area contributed by atoms with E-state index < -0.39 is 0 Å². The molecule has 0 fully saturated rings. The summed E-state index contributed by atoms with van der Waals surface area (Å²) in [4.78, 5) is 4.12. The zero-order valence-electron chi connectivity index (χ0n) is 7.34. The number of aromatic nitrogens is 2. The van der Waals surface area contributed by atoms with Gasteiger partial charge in [0.15, 0.2) is 0 Å². The van der Waals surface area contributed by atoms with E-state index in [1.165, 1.54) is 11.7 Å². The molecule has 0 amide bonds. The van der Waals surface area contributed by atoms with Gasteiger partial charge in [0.1, 0.15) is 11.0 Å². The van der Waals surface area contributed by atoms with E-state index in [2.05, 4.69) is 20.3 Å². The summed E-state index contributed by atoms with van der Waals surface area (Å²) in [5, 5.41) is 0. The second-order valence-corrected chi connectivity index (χ2v) is 3.21. The van der Waals surface area contributed by atoms with Gasteiger partial charge in [0.05, 0.1) is 23.1 Å². The van der Waals surface area contributed by atoms with Crippen LogP contribution in [-0.2, 0) is 0 Å². The number of nitrogens with zero attached hydrogens (tertiary/aromatic N) is 3. The molecule has 1 heterocycles. The van der Waals surface area contributed by atoms with Crippen LogP contribution >= 0.6 is 11.7 Å². The molecule has 0 spiro atoms. The molecule has 0 saturated carbocycles. The first kappa shape index (κ1) is 8.83. The van der Waals surface area contributed by atoms with E-state index in [1.54, 1.807) is 18.4 Å². The van der Waals surface area contributed by atoms with E-state index in [1.807, 2.05) is 6.07 Å². The van der Waals surface area contributed by atoms with Gasteiger partial charge in [-0.15, -0.1) is 0 Å². The number of aliphatic imine (C=N–C) groups is 1. The second-order valence-electron chi connectivity index (χ2n) is 2.68. The first-order valence-electron chi connectivity index (χ1n) is 3.98. The Bertz CT molecular complexity index is 500. The van der Waals surface area contributed by atoms with Gasteiger partial charge in [0, 0.05) is 6.21 Å². The average Bonchev–Trinajstić information content (AvgIpc) is 2.61. The fraction of sp³-hybridized carbons (Fsp3) is 0. The van der Waals surface area contributed by atoms with Crippen molar-refractivity contribution in [3.05, 3.63) is 24.8 Å². The third-order valence-electron chi connectivity index (χ3n) is 1.72. The fourth-order valence-corrected chi connectivity index (χ4v) is 1.59. The van der Waals surface area contributed by atoms with Crippen molar-refractivity contribution in [3.63, 3.8) is 0 Å². The van der Waals surface area contributed by atoms with Crippen LogP contribution in [0.5, 0.6) is 0 Å². The minimum absolute atomic E-state index is 0.600. The molecule has 4 nitrogen and oxygen atoms in total. The van der Waals surface area contributed by atoms with Crippen LogP contribution in [0.2, 0.25) is 0 Å². The Morgan fingerprint density at radius 2 is 2.07 bits per heavy atom. The van der Waals surface area contributed by atoms with Crippen LogP contribution in [0.15, 0.2) is 29.8 Å². The van der Waals surface area contributed by atoms with Gasteiger partial charge in [-0.3, -0.25) is 4.99 Å². The number of allylic oxidation sites excluding steroid dienone is 1. The quantitative estimate of drug-likeness (QED) is 0.602. The van der Waals surface area contributed by atoms with Crippen LogP contribution in [0.1, 0.15) is 0 Å². The van der Waals surface area contributed by atoms with Crippen LogP contribution in [0, 0.1) is 0 Å². The van der Waals surface area contributed by atoms with Crippen molar-refractivity contribution in [1.29, 1.82) is 0 Å². The summed E-state index contributed by atoms with van der Waals surface area (Å²) in [7, 11) is 0. The van der Waals surface area contributed by atoms with Crippen molar-refractivity contribution < 1.29 is 0 Å². The van der Waals surface area contributed by atoms with E-state index in [9.17, 15) is 0 Å². The normalized spacial score (nSPS) is 11.1. The molecule has 2 N–H and O–H groups in total. The molecule has 0 bridgehead atoms. The third kappa shape index (κ3) is 1.49. The summed E-state index contributed by atoms with van der Waals surface area (Å²) in [5.41, 5.74) is 8.70. The molecule has 0 aliphatic heterocycles. The number of benzene rings is 1. The van der Waals surface area contributed by atoms with Gasteiger partial charge < -0.3 is 5.73 Å². The van der Waals surface area contributed by atoms with E-state index >= 15 is 0 Å². The van der Waals surface area contributed by atoms with Gasteiger partial charge in [0.2, 0.25) is 0 Å². The van der Waals surface area contributed by atoms with Crippen molar-refractivity contribution in [2.75, 3.05) is 5.73 Å². The second kappa shape index (κ2) is 3.55. The predicted molar refractivity (Wildman–Crippen MR) is 60.2 cm³/mol. The standard InChI is InChI=1S/C9H8N4S/c1-2-3-11-7-5-9-8(4-6(7)10)12-14-13-9/h2-5H,1,10H2. The summed E-state index contributed by atoms with van der Waals surface area (Å²) in [6.45, 7) is 3.54. The highest BCUT2D eigenvalue weighted by molar-refractivity contribution is 7.00. The summed E-state index contributed by atoms with van der Waals surface area (Å²) in [6, 6.07) is 3.59. The lowest BCUT2D eigenvalue weighted by molar-refractivity contribution is 1.54. The number of anilines is 1. The van der Waals surface area contributed by atoms with Crippen molar-refractivity contribution >= 4 is 40.4 Å². The van der Waals surface area contributed by atoms with Crippen LogP contribution < -0.4 is 5.73 Å². The Balaban J connectivity index is 2.58. The number of hydrogen-bond acceptors (Lipinski definition) is 5. The topological polar surface area (TPSA) is 64.2 Å². The van der Waals surface area contributed by atoms with Gasteiger partial charge in [-0.05, 0) is 12.1 Å². The summed E-state index contributed by atoms with van der Waals surface area (Å²) >= 11 is 1.17. The van der Waals surface area contributed by atoms with Crippen molar-refractivity contribution in [2.24, 2.45) is 4.99 Å². The molecule has 0 aliphatic carbocycles. The molecule has 14 heavy (non-hydrogen) atoms. The maximum Gasteiger partial charge on any atom is 0.107 e. The molecule has 1 aromatic heterocycles. The van der Waals surface area contributed by atoms with E-state index in [0.29, 0.717) is 11.4 Å². The van der Waals surface area contributed by atoms with Crippen molar-refractivity contribution in [3.8, 4) is 0 Å². The van der Waals surface area contributed by atoms with Gasteiger partial charge in [-0.1, -0.05) is 12.7 Å². The SMILES string of the molecule is C=CC=Nc1cc2nsnc2cc1N. The van der Waals surface area contributed by atoms with E-state index in [0.717, 1.165) is 11.0 Å². The highest BCUT2D eigenvalue weighted by atomic mass is 32.1. The number of nitrogens with two attached hydrogens (primary N) is 1. The first-order valence-corrected chi connectivity index (χ1v) is 4.71. The maximum atomic E-state index is 5.78. The third-order valence-corrected chi connectivity index (χ3v) is 2.28. The van der Waals surface area contributed by atoms with Gasteiger partial charge in [-0.2, -0.15) is 8.75 Å². The Labute approximate surface area is 85.1 Å². The molecular weight excluding hydrogens is 196 g/mol. The fourth-order valence-electron chi connectivity index (χ4n) is 1.08. The van der Waals surface area contributed by atoms with Crippen LogP contribution in [0.3, 0.4) is 0 Å². The molecule has 70 valence electrons. The molecule has 0 radical (unpaired) electrons. The van der Waals surface area contributed by atoms with E-state index in [-0.39, 0.29) is 0 Å². The molecule has 0 unspecified atom stereocenters. The molecular formula is C9H8N4S. The lowest BCUT2D eigenvalue weighted by Crippen LogP contribution is -1.85. The van der Waals surface area contributed by atoms with Gasteiger partial charge in [-0.25, -0.2) is 0 Å². The predicted octanol–water partition coefficient (Wildman–Crippen LogP) is 2.16. The number of rotatable bonds is 2. The Morgan fingerprint density at radius 1 is 1.36 bits per heavy atom. The van der Waals surface area contributed by atoms with Crippen LogP contribution in [-0.4, -0.2) is 15.0 Å². The molecule has 2 aromatic rings. The van der Waals surface area contributed by atoms with E-state index in [4.69, 9.17) is 5.73 Å². The summed E-state index contributed by atoms with van der Waals surface area (Å²) in [6.07, 6.45) is 3.19. The lowest BCUT2D eigenvalue weighted by Gasteiger charge is -1.97. The molecule has 2 rings (SSSR count). The summed E-state index contributed by atoms with van der Waals surface area (Å²) in [5.74, 6) is 0. The number of fused-ring (bicyclic) bond motifs is 1. The minimum Gasteiger partial charge on any atom is -0.397 e. The minimum atomic E-state index is 0.600. The lowest BCUT2D eigenvalue weighted by atomic mass is 10.2. The zero-order valence-corrected chi connectivity index (χ0v) is 8.16. The van der Waals surface area contributed by atoms with Crippen molar-refractivity contribution in [1.82, 2.24) is 8.75 Å². The monoisotopic (exact) mass is 204 g/mol. The Hall–Kier alpha value is -1.75. The number of hydrogen-bond donors (Lipinski definition) is 1. The average molecular weight is 204 g/mol. The molecule has 0 aliphatic rings. The smallest absolute Gasteiger partial charge is 0.107 e. The summed E-state index contributed by atoms with van der Waals surface area (Å²) < 4.78 is 8.18. The molecule has 5 heteroatoms. The van der Waals surface area contributed by atoms with Crippen LogP contribution in [0.25, 0.3) is 11.0 Å². The molecule has 1 aromatic carbocycles. The Morgan fingerprint density at radius 3 is 2.79 bits per heavy atom. The zero-order chi connectivity index (χ0) is 9.97. The van der Waals surface area contributed by atoms with Gasteiger partial charge in [0.25, 0.3) is 0 Å². The largest absolute Gasteiger partial charge is 0.397 e. The van der Waals surface area contributed by atoms with Crippen molar-refractivity contribution in [2.45, 2.75) is 0 Å².